The normalized spacial score (nSPS) is 11.8. The number of rotatable bonds is 9. The first-order valence-corrected chi connectivity index (χ1v) is 11.1. The molecule has 1 unspecified atom stereocenters. The minimum Gasteiger partial charge on any atom is -0.493 e. The number of benzene rings is 3. The van der Waals surface area contributed by atoms with Gasteiger partial charge in [0.05, 0.1) is 24.8 Å². The van der Waals surface area contributed by atoms with E-state index in [-0.39, 0.29) is 12.5 Å². The van der Waals surface area contributed by atoms with Crippen LogP contribution in [0.4, 0.5) is 0 Å². The molecule has 0 radical (unpaired) electrons. The molecule has 174 valence electrons. The number of fused-ring (bicyclic) bond motifs is 1. The van der Waals surface area contributed by atoms with Crippen LogP contribution in [-0.2, 0) is 6.42 Å². The first-order chi connectivity index (χ1) is 16.5. The van der Waals surface area contributed by atoms with Crippen LogP contribution in [0.3, 0.4) is 0 Å². The SMILES string of the molecule is CCOc1ccc(-c2cccc(C(N)=O)c2)cc1C(=O)NC(CO)Cc1c[nH]c2ccccc12. The van der Waals surface area contributed by atoms with Crippen LogP contribution < -0.4 is 15.8 Å². The van der Waals surface area contributed by atoms with Crippen LogP contribution in [0.15, 0.2) is 72.9 Å². The Balaban J connectivity index is 1.60. The molecule has 0 saturated carbocycles. The fourth-order valence-corrected chi connectivity index (χ4v) is 4.01. The fraction of sp³-hybridized carbons (Fsp3) is 0.185. The van der Waals surface area contributed by atoms with E-state index in [2.05, 4.69) is 10.3 Å². The van der Waals surface area contributed by atoms with E-state index in [4.69, 9.17) is 10.5 Å². The van der Waals surface area contributed by atoms with Gasteiger partial charge in [0, 0.05) is 22.7 Å². The molecule has 1 atom stereocenters. The Kier molecular flexibility index (Phi) is 6.94. The number of hydrogen-bond acceptors (Lipinski definition) is 4. The van der Waals surface area contributed by atoms with Crippen LogP contribution in [0, 0.1) is 0 Å². The van der Waals surface area contributed by atoms with Crippen molar-refractivity contribution < 1.29 is 19.4 Å². The first-order valence-electron chi connectivity index (χ1n) is 11.1. The van der Waals surface area contributed by atoms with Crippen LogP contribution in [0.2, 0.25) is 0 Å². The van der Waals surface area contributed by atoms with Crippen LogP contribution in [0.1, 0.15) is 33.2 Å². The number of aromatic amines is 1. The summed E-state index contributed by atoms with van der Waals surface area (Å²) in [6.07, 6.45) is 2.37. The highest BCUT2D eigenvalue weighted by Gasteiger charge is 2.19. The van der Waals surface area contributed by atoms with Gasteiger partial charge in [0.2, 0.25) is 5.91 Å². The van der Waals surface area contributed by atoms with Crippen molar-refractivity contribution in [3.8, 4) is 16.9 Å². The molecule has 7 nitrogen and oxygen atoms in total. The lowest BCUT2D eigenvalue weighted by Gasteiger charge is -2.18. The number of aliphatic hydroxyl groups is 1. The lowest BCUT2D eigenvalue weighted by atomic mass is 9.99. The third-order valence-electron chi connectivity index (χ3n) is 5.70. The summed E-state index contributed by atoms with van der Waals surface area (Å²) < 4.78 is 5.69. The van der Waals surface area contributed by atoms with Crippen molar-refractivity contribution in [1.29, 1.82) is 0 Å². The molecule has 0 bridgehead atoms. The van der Waals surface area contributed by atoms with Crippen molar-refractivity contribution in [1.82, 2.24) is 10.3 Å². The maximum Gasteiger partial charge on any atom is 0.255 e. The van der Waals surface area contributed by atoms with Crippen molar-refractivity contribution in [2.24, 2.45) is 5.73 Å². The lowest BCUT2D eigenvalue weighted by Crippen LogP contribution is -2.39. The van der Waals surface area contributed by atoms with E-state index in [1.807, 2.05) is 49.5 Å². The molecule has 4 aromatic rings. The second kappa shape index (κ2) is 10.2. The van der Waals surface area contributed by atoms with Gasteiger partial charge in [0.25, 0.3) is 5.91 Å². The van der Waals surface area contributed by atoms with Crippen molar-refractivity contribution in [2.45, 2.75) is 19.4 Å². The number of amides is 2. The third-order valence-corrected chi connectivity index (χ3v) is 5.70. The number of hydrogen-bond donors (Lipinski definition) is 4. The number of aromatic nitrogens is 1. The highest BCUT2D eigenvalue weighted by molar-refractivity contribution is 5.99. The molecule has 0 spiro atoms. The zero-order chi connectivity index (χ0) is 24.1. The molecule has 0 aliphatic carbocycles. The quantitative estimate of drug-likeness (QED) is 0.307. The number of carbonyl (C=O) groups excluding carboxylic acids is 2. The Hall–Kier alpha value is -4.10. The highest BCUT2D eigenvalue weighted by atomic mass is 16.5. The molecule has 0 aliphatic rings. The Morgan fingerprint density at radius 2 is 1.85 bits per heavy atom. The summed E-state index contributed by atoms with van der Waals surface area (Å²) in [6, 6.07) is 19.6. The van der Waals surface area contributed by atoms with Gasteiger partial charge >= 0.3 is 0 Å². The van der Waals surface area contributed by atoms with Gasteiger partial charge in [-0.3, -0.25) is 9.59 Å². The summed E-state index contributed by atoms with van der Waals surface area (Å²) in [7, 11) is 0. The summed E-state index contributed by atoms with van der Waals surface area (Å²) in [4.78, 5) is 28.1. The van der Waals surface area contributed by atoms with E-state index in [1.165, 1.54) is 0 Å². The fourth-order valence-electron chi connectivity index (χ4n) is 4.01. The number of nitrogens with one attached hydrogen (secondary N) is 2. The maximum atomic E-state index is 13.3. The van der Waals surface area contributed by atoms with Gasteiger partial charge in [0.15, 0.2) is 0 Å². The predicted octanol–water partition coefficient (Wildman–Crippen LogP) is 3.67. The predicted molar refractivity (Wildman–Crippen MR) is 132 cm³/mol. The molecule has 34 heavy (non-hydrogen) atoms. The van der Waals surface area contributed by atoms with E-state index in [9.17, 15) is 14.7 Å². The zero-order valence-electron chi connectivity index (χ0n) is 18.9. The molecule has 4 rings (SSSR count). The number of primary amides is 1. The number of nitrogens with two attached hydrogens (primary N) is 1. The van der Waals surface area contributed by atoms with Crippen molar-refractivity contribution in [3.05, 3.63) is 89.6 Å². The molecule has 1 aromatic heterocycles. The van der Waals surface area contributed by atoms with Crippen LogP contribution in [-0.4, -0.2) is 41.2 Å². The van der Waals surface area contributed by atoms with Crippen LogP contribution in [0.5, 0.6) is 5.75 Å². The Labute approximate surface area is 197 Å². The standard InChI is InChI=1S/C27H27N3O4/c1-2-34-25-11-10-18(17-6-5-7-19(12-17)26(28)32)14-23(25)27(33)30-21(16-31)13-20-15-29-24-9-4-3-8-22(20)24/h3-12,14-15,21,29,31H,2,13,16H2,1H3,(H2,28,32)(H,30,33). The van der Waals surface area contributed by atoms with Crippen molar-refractivity contribution in [3.63, 3.8) is 0 Å². The second-order valence-electron chi connectivity index (χ2n) is 8.01. The monoisotopic (exact) mass is 457 g/mol. The smallest absolute Gasteiger partial charge is 0.255 e. The van der Waals surface area contributed by atoms with Crippen molar-refractivity contribution in [2.75, 3.05) is 13.2 Å². The zero-order valence-corrected chi connectivity index (χ0v) is 18.9. The third kappa shape index (κ3) is 4.94. The average molecular weight is 458 g/mol. The minimum atomic E-state index is -0.520. The first kappa shape index (κ1) is 23.1. The summed E-state index contributed by atoms with van der Waals surface area (Å²) >= 11 is 0. The van der Waals surface area contributed by atoms with Crippen molar-refractivity contribution >= 4 is 22.7 Å². The molecular formula is C27H27N3O4. The van der Waals surface area contributed by atoms with Gasteiger partial charge in [-0.1, -0.05) is 36.4 Å². The topological polar surface area (TPSA) is 117 Å². The second-order valence-corrected chi connectivity index (χ2v) is 8.01. The summed E-state index contributed by atoms with van der Waals surface area (Å²) in [5, 5.41) is 14.0. The Bertz CT molecular complexity index is 1330. The molecule has 1 heterocycles. The Morgan fingerprint density at radius 3 is 2.62 bits per heavy atom. The van der Waals surface area contributed by atoms with Gasteiger partial charge < -0.3 is 25.9 Å². The highest BCUT2D eigenvalue weighted by Crippen LogP contribution is 2.28. The van der Waals surface area contributed by atoms with Gasteiger partial charge in [-0.05, 0) is 60.4 Å². The van der Waals surface area contributed by atoms with E-state index in [1.54, 1.807) is 30.3 Å². The van der Waals surface area contributed by atoms with Gasteiger partial charge in [-0.2, -0.15) is 0 Å². The average Bonchev–Trinajstić information content (AvgIpc) is 3.26. The summed E-state index contributed by atoms with van der Waals surface area (Å²) in [5.74, 6) is -0.428. The number of carbonyl (C=O) groups is 2. The van der Waals surface area contributed by atoms with Crippen LogP contribution >= 0.6 is 0 Å². The van der Waals surface area contributed by atoms with Gasteiger partial charge in [-0.25, -0.2) is 0 Å². The van der Waals surface area contributed by atoms with E-state index in [0.717, 1.165) is 27.6 Å². The maximum absolute atomic E-state index is 13.3. The number of H-pyrrole nitrogens is 1. The van der Waals surface area contributed by atoms with E-state index in [0.29, 0.717) is 29.9 Å². The summed E-state index contributed by atoms with van der Waals surface area (Å²) in [5.41, 5.74) is 9.66. The molecule has 7 heteroatoms. The van der Waals surface area contributed by atoms with E-state index >= 15 is 0 Å². The van der Waals surface area contributed by atoms with Gasteiger partial charge in [-0.15, -0.1) is 0 Å². The molecule has 0 aliphatic heterocycles. The molecular weight excluding hydrogens is 430 g/mol. The largest absolute Gasteiger partial charge is 0.493 e. The number of para-hydroxylation sites is 1. The molecule has 0 fully saturated rings. The van der Waals surface area contributed by atoms with Gasteiger partial charge in [0.1, 0.15) is 5.75 Å². The minimum absolute atomic E-state index is 0.213. The molecule has 5 N–H and O–H groups in total. The Morgan fingerprint density at radius 1 is 1.06 bits per heavy atom. The number of aliphatic hydroxyl groups excluding tert-OH is 1. The van der Waals surface area contributed by atoms with E-state index < -0.39 is 11.9 Å². The molecule has 2 amide bonds. The lowest BCUT2D eigenvalue weighted by molar-refractivity contribution is 0.0912. The number of ether oxygens (including phenoxy) is 1. The summed E-state index contributed by atoms with van der Waals surface area (Å²) in [6.45, 7) is 2.03. The molecule has 3 aromatic carbocycles. The molecule has 0 saturated heterocycles. The van der Waals surface area contributed by atoms with Crippen LogP contribution in [0.25, 0.3) is 22.0 Å².